The van der Waals surface area contributed by atoms with Gasteiger partial charge < -0.3 is 5.32 Å². The Bertz CT molecular complexity index is 550. The number of likely N-dealkylation sites (N-methyl/N-ethyl adjacent to an activating group) is 1. The first kappa shape index (κ1) is 13.5. The summed E-state index contributed by atoms with van der Waals surface area (Å²) in [7, 11) is -2.00. The molecule has 0 saturated carbocycles. The predicted octanol–water partition coefficient (Wildman–Crippen LogP) is 0.956. The van der Waals surface area contributed by atoms with Gasteiger partial charge in [-0.2, -0.15) is 4.31 Å². The van der Waals surface area contributed by atoms with Crippen molar-refractivity contribution >= 4 is 27.3 Å². The van der Waals surface area contributed by atoms with Gasteiger partial charge in [-0.25, -0.2) is 8.42 Å². The second-order valence-electron chi connectivity index (χ2n) is 4.25. The fourth-order valence-corrected chi connectivity index (χ4v) is 5.19. The minimum atomic E-state index is -3.53. The molecule has 1 N–H and O–H groups in total. The normalized spacial score (nSPS) is 21.1. The van der Waals surface area contributed by atoms with Crippen LogP contribution in [0.2, 0.25) is 0 Å². The molecule has 18 heavy (non-hydrogen) atoms. The largest absolute Gasteiger partial charge is 0.358 e. The molecular formula is C11H16N2O3S2. The molecular weight excluding hydrogens is 272 g/mol. The average Bonchev–Trinajstić information content (AvgIpc) is 2.96. The summed E-state index contributed by atoms with van der Waals surface area (Å²) >= 11 is 1.24. The van der Waals surface area contributed by atoms with Crippen molar-refractivity contribution in [2.24, 2.45) is 0 Å². The first-order valence-electron chi connectivity index (χ1n) is 5.76. The van der Waals surface area contributed by atoms with Gasteiger partial charge in [0.25, 0.3) is 10.0 Å². The van der Waals surface area contributed by atoms with Gasteiger partial charge in [0.15, 0.2) is 0 Å². The molecule has 2 rings (SSSR count). The van der Waals surface area contributed by atoms with Crippen LogP contribution < -0.4 is 5.32 Å². The van der Waals surface area contributed by atoms with E-state index in [-0.39, 0.29) is 5.91 Å². The Morgan fingerprint density at radius 1 is 1.50 bits per heavy atom. The SMILES string of the molecule is CNC(=O)C1CCCN1S(=O)(=O)c1ccc(C)s1. The topological polar surface area (TPSA) is 66.5 Å². The Kier molecular flexibility index (Phi) is 3.74. The molecule has 1 aromatic heterocycles. The number of hydrogen-bond acceptors (Lipinski definition) is 4. The number of nitrogens with zero attached hydrogens (tertiary/aromatic N) is 1. The Hall–Kier alpha value is -0.920. The molecule has 1 atom stereocenters. The van der Waals surface area contributed by atoms with Crippen LogP contribution in [0.15, 0.2) is 16.3 Å². The van der Waals surface area contributed by atoms with Crippen molar-refractivity contribution in [1.29, 1.82) is 0 Å². The smallest absolute Gasteiger partial charge is 0.253 e. The van der Waals surface area contributed by atoms with E-state index in [0.717, 1.165) is 11.3 Å². The lowest BCUT2D eigenvalue weighted by Crippen LogP contribution is -2.44. The van der Waals surface area contributed by atoms with Crippen molar-refractivity contribution in [3.63, 3.8) is 0 Å². The Morgan fingerprint density at radius 2 is 2.22 bits per heavy atom. The number of hydrogen-bond donors (Lipinski definition) is 1. The zero-order chi connectivity index (χ0) is 13.3. The van der Waals surface area contributed by atoms with Gasteiger partial charge in [-0.15, -0.1) is 11.3 Å². The fourth-order valence-electron chi connectivity index (χ4n) is 2.12. The minimum Gasteiger partial charge on any atom is -0.358 e. The van der Waals surface area contributed by atoms with Crippen molar-refractivity contribution in [1.82, 2.24) is 9.62 Å². The third-order valence-corrected chi connectivity index (χ3v) is 6.41. The highest BCUT2D eigenvalue weighted by atomic mass is 32.2. The quantitative estimate of drug-likeness (QED) is 0.900. The molecule has 0 aliphatic carbocycles. The highest BCUT2D eigenvalue weighted by Crippen LogP contribution is 2.30. The number of aryl methyl sites for hydroxylation is 1. The molecule has 1 saturated heterocycles. The third-order valence-electron chi connectivity index (χ3n) is 3.03. The first-order chi connectivity index (χ1) is 8.46. The molecule has 1 unspecified atom stereocenters. The summed E-state index contributed by atoms with van der Waals surface area (Å²) in [4.78, 5) is 12.6. The van der Waals surface area contributed by atoms with Crippen LogP contribution in [0.25, 0.3) is 0 Å². The Balaban J connectivity index is 2.32. The van der Waals surface area contributed by atoms with E-state index < -0.39 is 16.1 Å². The van der Waals surface area contributed by atoms with Crippen LogP contribution in [0, 0.1) is 6.92 Å². The van der Waals surface area contributed by atoms with Crippen molar-refractivity contribution < 1.29 is 13.2 Å². The van der Waals surface area contributed by atoms with E-state index in [1.165, 1.54) is 22.7 Å². The number of carbonyl (C=O) groups is 1. The number of thiophene rings is 1. The van der Waals surface area contributed by atoms with Crippen LogP contribution in [-0.4, -0.2) is 38.3 Å². The van der Waals surface area contributed by atoms with Crippen LogP contribution in [0.5, 0.6) is 0 Å². The van der Waals surface area contributed by atoms with E-state index in [1.807, 2.05) is 6.92 Å². The summed E-state index contributed by atoms with van der Waals surface area (Å²) in [5.74, 6) is -0.232. The van der Waals surface area contributed by atoms with Crippen LogP contribution in [-0.2, 0) is 14.8 Å². The van der Waals surface area contributed by atoms with E-state index in [0.29, 0.717) is 17.2 Å². The summed E-state index contributed by atoms with van der Waals surface area (Å²) in [6.45, 7) is 2.28. The molecule has 2 heterocycles. The van der Waals surface area contributed by atoms with E-state index >= 15 is 0 Å². The van der Waals surface area contributed by atoms with Gasteiger partial charge in [-0.05, 0) is 31.9 Å². The molecule has 0 spiro atoms. The zero-order valence-electron chi connectivity index (χ0n) is 10.3. The maximum Gasteiger partial charge on any atom is 0.253 e. The van der Waals surface area contributed by atoms with Gasteiger partial charge in [0.1, 0.15) is 10.3 Å². The maximum absolute atomic E-state index is 12.4. The highest BCUT2D eigenvalue weighted by molar-refractivity contribution is 7.91. The van der Waals surface area contributed by atoms with Crippen LogP contribution in [0.1, 0.15) is 17.7 Å². The predicted molar refractivity (Wildman–Crippen MR) is 70.0 cm³/mol. The lowest BCUT2D eigenvalue weighted by atomic mass is 10.2. The molecule has 1 aromatic rings. The summed E-state index contributed by atoms with van der Waals surface area (Å²) in [5.41, 5.74) is 0. The molecule has 100 valence electrons. The van der Waals surface area contributed by atoms with Crippen molar-refractivity contribution in [2.45, 2.75) is 30.0 Å². The van der Waals surface area contributed by atoms with E-state index in [4.69, 9.17) is 0 Å². The summed E-state index contributed by atoms with van der Waals surface area (Å²) in [6.07, 6.45) is 1.31. The van der Waals surface area contributed by atoms with E-state index in [9.17, 15) is 13.2 Å². The molecule has 5 nitrogen and oxygen atoms in total. The minimum absolute atomic E-state index is 0.232. The van der Waals surface area contributed by atoms with Crippen LogP contribution >= 0.6 is 11.3 Å². The molecule has 1 aliphatic heterocycles. The van der Waals surface area contributed by atoms with Gasteiger partial charge in [0, 0.05) is 18.5 Å². The fraction of sp³-hybridized carbons (Fsp3) is 0.545. The lowest BCUT2D eigenvalue weighted by Gasteiger charge is -2.21. The number of sulfonamides is 1. The van der Waals surface area contributed by atoms with Gasteiger partial charge in [0.2, 0.25) is 5.91 Å². The van der Waals surface area contributed by atoms with Crippen LogP contribution in [0.3, 0.4) is 0 Å². The first-order valence-corrected chi connectivity index (χ1v) is 8.02. The zero-order valence-corrected chi connectivity index (χ0v) is 12.0. The Labute approximate surface area is 111 Å². The second kappa shape index (κ2) is 4.99. The summed E-state index contributed by atoms with van der Waals surface area (Å²) in [5, 5.41) is 2.52. The molecule has 7 heteroatoms. The molecule has 1 amide bonds. The number of amides is 1. The summed E-state index contributed by atoms with van der Waals surface area (Å²) in [6, 6.07) is 2.82. The van der Waals surface area contributed by atoms with E-state index in [2.05, 4.69) is 5.32 Å². The summed E-state index contributed by atoms with van der Waals surface area (Å²) < 4.78 is 26.5. The second-order valence-corrected chi connectivity index (χ2v) is 7.66. The lowest BCUT2D eigenvalue weighted by molar-refractivity contribution is -0.123. The van der Waals surface area contributed by atoms with Crippen molar-refractivity contribution in [3.05, 3.63) is 17.0 Å². The molecule has 0 radical (unpaired) electrons. The van der Waals surface area contributed by atoms with Gasteiger partial charge in [-0.3, -0.25) is 4.79 Å². The van der Waals surface area contributed by atoms with Crippen molar-refractivity contribution in [3.8, 4) is 0 Å². The van der Waals surface area contributed by atoms with E-state index in [1.54, 1.807) is 12.1 Å². The number of rotatable bonds is 3. The molecule has 1 aliphatic rings. The number of carbonyl (C=O) groups excluding carboxylic acids is 1. The third kappa shape index (κ3) is 2.30. The monoisotopic (exact) mass is 288 g/mol. The molecule has 0 bridgehead atoms. The van der Waals surface area contributed by atoms with Gasteiger partial charge in [-0.1, -0.05) is 0 Å². The Morgan fingerprint density at radius 3 is 2.78 bits per heavy atom. The van der Waals surface area contributed by atoms with Gasteiger partial charge in [0.05, 0.1) is 0 Å². The molecule has 1 fully saturated rings. The number of nitrogens with one attached hydrogen (secondary N) is 1. The molecule has 0 aromatic carbocycles. The highest BCUT2D eigenvalue weighted by Gasteiger charge is 2.39. The standard InChI is InChI=1S/C11H16N2O3S2/c1-8-5-6-10(17-8)18(15,16)13-7-3-4-9(13)11(14)12-2/h5-6,9H,3-4,7H2,1-2H3,(H,12,14). The van der Waals surface area contributed by atoms with Crippen molar-refractivity contribution in [2.75, 3.05) is 13.6 Å². The van der Waals surface area contributed by atoms with Gasteiger partial charge >= 0.3 is 0 Å². The van der Waals surface area contributed by atoms with Crippen LogP contribution in [0.4, 0.5) is 0 Å². The average molecular weight is 288 g/mol. The maximum atomic E-state index is 12.4.